The first-order valence-electron chi connectivity index (χ1n) is 6.06. The molecule has 4 heteroatoms. The zero-order valence-corrected chi connectivity index (χ0v) is 11.1. The fraction of sp³-hybridized carbons (Fsp3) is 0.615. The number of nitrogens with zero attached hydrogens (tertiary/aromatic N) is 4. The lowest BCUT2D eigenvalue weighted by molar-refractivity contribution is 0.696. The largest absolute Gasteiger partial charge is 0.357 e. The van der Waals surface area contributed by atoms with Gasteiger partial charge in [0.2, 0.25) is 0 Å². The molecule has 0 atom stereocenters. The topological polar surface area (TPSA) is 52.8 Å². The second-order valence-electron chi connectivity index (χ2n) is 4.35. The van der Waals surface area contributed by atoms with Crippen molar-refractivity contribution in [3.63, 3.8) is 0 Å². The summed E-state index contributed by atoms with van der Waals surface area (Å²) in [7, 11) is 1.97. The van der Waals surface area contributed by atoms with Crippen molar-refractivity contribution in [3.8, 4) is 6.07 Å². The summed E-state index contributed by atoms with van der Waals surface area (Å²) in [5, 5.41) is 17.4. The molecule has 17 heavy (non-hydrogen) atoms. The molecule has 0 fully saturated rings. The third-order valence-corrected chi connectivity index (χ3v) is 3.01. The van der Waals surface area contributed by atoms with E-state index in [-0.39, 0.29) is 0 Å². The number of nitriles is 1. The second kappa shape index (κ2) is 6.19. The maximum atomic E-state index is 9.20. The van der Waals surface area contributed by atoms with E-state index >= 15 is 0 Å². The minimum Gasteiger partial charge on any atom is -0.357 e. The molecule has 0 saturated heterocycles. The van der Waals surface area contributed by atoms with Crippen molar-refractivity contribution in [2.45, 2.75) is 40.0 Å². The molecule has 0 amide bonds. The lowest BCUT2D eigenvalue weighted by Gasteiger charge is -2.19. The molecule has 0 aliphatic rings. The van der Waals surface area contributed by atoms with E-state index in [1.165, 1.54) is 12.8 Å². The monoisotopic (exact) mass is 232 g/mol. The Labute approximate surface area is 103 Å². The van der Waals surface area contributed by atoms with Crippen LogP contribution in [-0.2, 0) is 0 Å². The summed E-state index contributed by atoms with van der Waals surface area (Å²) in [5.74, 6) is 0.701. The van der Waals surface area contributed by atoms with Crippen molar-refractivity contribution in [1.82, 2.24) is 10.2 Å². The van der Waals surface area contributed by atoms with Crippen molar-refractivity contribution in [2.75, 3.05) is 18.5 Å². The smallest absolute Gasteiger partial charge is 0.169 e. The lowest BCUT2D eigenvalue weighted by atomic mass is 10.1. The molecule has 0 bridgehead atoms. The zero-order chi connectivity index (χ0) is 12.8. The predicted octanol–water partition coefficient (Wildman–Crippen LogP) is 2.59. The van der Waals surface area contributed by atoms with Gasteiger partial charge >= 0.3 is 0 Å². The summed E-state index contributed by atoms with van der Waals surface area (Å²) in [4.78, 5) is 2.02. The minimum absolute atomic E-state index is 0.650. The number of aryl methyl sites for hydroxylation is 1. The molecule has 0 aliphatic carbocycles. The number of unbranched alkanes of at least 4 members (excludes halogenated alkanes) is 2. The molecule has 1 heterocycles. The quantitative estimate of drug-likeness (QED) is 0.732. The van der Waals surface area contributed by atoms with Crippen LogP contribution in [-0.4, -0.2) is 23.8 Å². The molecule has 0 saturated carbocycles. The van der Waals surface area contributed by atoms with Gasteiger partial charge in [0.25, 0.3) is 0 Å². The molecule has 92 valence electrons. The molecule has 1 rings (SSSR count). The van der Waals surface area contributed by atoms with E-state index in [1.807, 2.05) is 25.8 Å². The van der Waals surface area contributed by atoms with Gasteiger partial charge in [-0.25, -0.2) is 0 Å². The third kappa shape index (κ3) is 3.16. The average molecular weight is 232 g/mol. The highest BCUT2D eigenvalue weighted by Crippen LogP contribution is 2.20. The van der Waals surface area contributed by atoms with Gasteiger partial charge in [0.15, 0.2) is 5.82 Å². The molecule has 0 radical (unpaired) electrons. The van der Waals surface area contributed by atoms with Crippen LogP contribution in [0.25, 0.3) is 0 Å². The fourth-order valence-electron chi connectivity index (χ4n) is 1.70. The van der Waals surface area contributed by atoms with E-state index in [4.69, 9.17) is 0 Å². The van der Waals surface area contributed by atoms with Gasteiger partial charge in [0.1, 0.15) is 11.6 Å². The Hall–Kier alpha value is -1.63. The van der Waals surface area contributed by atoms with Gasteiger partial charge in [-0.1, -0.05) is 19.8 Å². The Morgan fingerprint density at radius 2 is 1.94 bits per heavy atom. The summed E-state index contributed by atoms with van der Waals surface area (Å²) in [5.41, 5.74) is 2.41. The number of hydrogen-bond acceptors (Lipinski definition) is 4. The molecule has 0 aromatic carbocycles. The van der Waals surface area contributed by atoms with Crippen LogP contribution in [0.2, 0.25) is 0 Å². The number of anilines is 1. The molecular weight excluding hydrogens is 212 g/mol. The predicted molar refractivity (Wildman–Crippen MR) is 69.0 cm³/mol. The second-order valence-corrected chi connectivity index (χ2v) is 4.35. The van der Waals surface area contributed by atoms with Crippen molar-refractivity contribution in [2.24, 2.45) is 0 Å². The van der Waals surface area contributed by atoms with E-state index in [1.54, 1.807) is 0 Å². The van der Waals surface area contributed by atoms with Gasteiger partial charge in [-0.15, -0.1) is 5.10 Å². The van der Waals surface area contributed by atoms with E-state index < -0.39 is 0 Å². The minimum atomic E-state index is 0.650. The van der Waals surface area contributed by atoms with Gasteiger partial charge in [-0.05, 0) is 25.8 Å². The first kappa shape index (κ1) is 13.4. The van der Waals surface area contributed by atoms with Gasteiger partial charge in [0, 0.05) is 13.6 Å². The molecule has 0 spiro atoms. The van der Waals surface area contributed by atoms with Crippen molar-refractivity contribution in [3.05, 3.63) is 16.8 Å². The maximum Gasteiger partial charge on any atom is 0.169 e. The Morgan fingerprint density at radius 1 is 1.24 bits per heavy atom. The number of rotatable bonds is 5. The van der Waals surface area contributed by atoms with Crippen LogP contribution in [0.1, 0.15) is 43.0 Å². The highest BCUT2D eigenvalue weighted by Gasteiger charge is 2.13. The Bertz CT molecular complexity index is 420. The Balaban J connectivity index is 2.90. The third-order valence-electron chi connectivity index (χ3n) is 3.01. The Kier molecular flexibility index (Phi) is 4.89. The average Bonchev–Trinajstić information content (AvgIpc) is 2.32. The zero-order valence-electron chi connectivity index (χ0n) is 11.1. The molecule has 0 unspecified atom stereocenters. The molecule has 1 aromatic heterocycles. The molecule has 0 aliphatic heterocycles. The van der Waals surface area contributed by atoms with E-state index in [0.717, 1.165) is 24.2 Å². The summed E-state index contributed by atoms with van der Waals surface area (Å²) in [6, 6.07) is 2.23. The summed E-state index contributed by atoms with van der Waals surface area (Å²) >= 11 is 0. The Morgan fingerprint density at radius 3 is 2.53 bits per heavy atom. The molecule has 4 nitrogen and oxygen atoms in total. The van der Waals surface area contributed by atoms with Gasteiger partial charge in [-0.2, -0.15) is 10.4 Å². The summed E-state index contributed by atoms with van der Waals surface area (Å²) in [6.07, 6.45) is 3.51. The highest BCUT2D eigenvalue weighted by molar-refractivity contribution is 5.56. The summed E-state index contributed by atoms with van der Waals surface area (Å²) < 4.78 is 0. The molecular formula is C13H20N4. The van der Waals surface area contributed by atoms with Crippen LogP contribution in [0.4, 0.5) is 5.82 Å². The lowest BCUT2D eigenvalue weighted by Crippen LogP contribution is -2.22. The van der Waals surface area contributed by atoms with E-state index in [2.05, 4.69) is 23.2 Å². The normalized spacial score (nSPS) is 10.1. The highest BCUT2D eigenvalue weighted by atomic mass is 15.2. The van der Waals surface area contributed by atoms with Crippen LogP contribution in [0, 0.1) is 25.2 Å². The van der Waals surface area contributed by atoms with Crippen LogP contribution in [0.5, 0.6) is 0 Å². The van der Waals surface area contributed by atoms with Crippen LogP contribution in [0.3, 0.4) is 0 Å². The first-order valence-corrected chi connectivity index (χ1v) is 6.06. The van der Waals surface area contributed by atoms with Crippen molar-refractivity contribution >= 4 is 5.82 Å². The molecule has 1 aromatic rings. The van der Waals surface area contributed by atoms with Crippen LogP contribution in [0.15, 0.2) is 0 Å². The standard InChI is InChI=1S/C13H20N4/c1-5-6-7-8-17(4)13-12(9-14)10(2)11(3)15-16-13/h5-8H2,1-4H3. The summed E-state index contributed by atoms with van der Waals surface area (Å²) in [6.45, 7) is 6.90. The first-order chi connectivity index (χ1) is 8.11. The fourth-order valence-corrected chi connectivity index (χ4v) is 1.70. The van der Waals surface area contributed by atoms with Gasteiger partial charge < -0.3 is 4.90 Å². The van der Waals surface area contributed by atoms with Crippen molar-refractivity contribution in [1.29, 1.82) is 5.26 Å². The number of hydrogen-bond donors (Lipinski definition) is 0. The van der Waals surface area contributed by atoms with E-state index in [0.29, 0.717) is 11.4 Å². The van der Waals surface area contributed by atoms with Crippen LogP contribution < -0.4 is 4.90 Å². The SMILES string of the molecule is CCCCCN(C)c1nnc(C)c(C)c1C#N. The van der Waals surface area contributed by atoms with E-state index in [9.17, 15) is 5.26 Å². The molecule has 0 N–H and O–H groups in total. The van der Waals surface area contributed by atoms with Crippen molar-refractivity contribution < 1.29 is 0 Å². The number of aromatic nitrogens is 2. The maximum absolute atomic E-state index is 9.20. The van der Waals surface area contributed by atoms with Gasteiger partial charge in [-0.3, -0.25) is 0 Å². The van der Waals surface area contributed by atoms with Gasteiger partial charge in [0.05, 0.1) is 5.69 Å². The van der Waals surface area contributed by atoms with Crippen LogP contribution >= 0.6 is 0 Å².